The lowest BCUT2D eigenvalue weighted by Crippen LogP contribution is -2.36. The first-order valence-corrected chi connectivity index (χ1v) is 9.68. The molecule has 1 N–H and O–H groups in total. The molecule has 0 fully saturated rings. The van der Waals surface area contributed by atoms with Crippen LogP contribution < -0.4 is 4.74 Å². The van der Waals surface area contributed by atoms with E-state index in [-0.39, 0.29) is 18.5 Å². The van der Waals surface area contributed by atoms with E-state index in [0.717, 1.165) is 11.1 Å². The van der Waals surface area contributed by atoms with Gasteiger partial charge in [-0.15, -0.1) is 0 Å². The van der Waals surface area contributed by atoms with Gasteiger partial charge in [0, 0.05) is 5.56 Å². The van der Waals surface area contributed by atoms with E-state index in [9.17, 15) is 14.3 Å². The van der Waals surface area contributed by atoms with Crippen molar-refractivity contribution < 1.29 is 23.8 Å². The lowest BCUT2D eigenvalue weighted by atomic mass is 9.96. The number of aliphatic hydroxyl groups is 1. The molecule has 1 unspecified atom stereocenters. The molecule has 0 heterocycles. The average Bonchev–Trinajstić information content (AvgIpc) is 2.63. The van der Waals surface area contributed by atoms with Gasteiger partial charge in [-0.25, -0.2) is 9.18 Å². The predicted molar refractivity (Wildman–Crippen MR) is 108 cm³/mol. The second kappa shape index (κ2) is 9.69. The first-order chi connectivity index (χ1) is 13.2. The molecule has 152 valence electrons. The minimum atomic E-state index is -1.48. The highest BCUT2D eigenvalue weighted by Gasteiger charge is 2.30. The number of halogens is 1. The van der Waals surface area contributed by atoms with Crippen LogP contribution in [-0.2, 0) is 16.0 Å². The Balaban J connectivity index is 2.01. The number of ether oxygens (including phenoxy) is 2. The van der Waals surface area contributed by atoms with Gasteiger partial charge in [-0.3, -0.25) is 0 Å². The maximum absolute atomic E-state index is 14.2. The zero-order valence-corrected chi connectivity index (χ0v) is 17.0. The summed E-state index contributed by atoms with van der Waals surface area (Å²) in [7, 11) is 0. The van der Waals surface area contributed by atoms with Crippen molar-refractivity contribution in [2.45, 2.75) is 58.7 Å². The highest BCUT2D eigenvalue weighted by Crippen LogP contribution is 2.28. The summed E-state index contributed by atoms with van der Waals surface area (Å²) in [6, 6.07) is 12.4. The molecule has 0 saturated carbocycles. The Bertz CT molecular complexity index is 782. The Labute approximate surface area is 166 Å². The maximum Gasteiger partial charge on any atom is 0.337 e. The Hall–Kier alpha value is -2.40. The van der Waals surface area contributed by atoms with Crippen LogP contribution in [0.4, 0.5) is 4.39 Å². The molecule has 2 aromatic rings. The largest absolute Gasteiger partial charge is 0.491 e. The van der Waals surface area contributed by atoms with E-state index in [0.29, 0.717) is 30.6 Å². The lowest BCUT2D eigenvalue weighted by Gasteiger charge is -2.20. The molecule has 0 bridgehead atoms. The summed E-state index contributed by atoms with van der Waals surface area (Å²) in [4.78, 5) is 11.7. The molecule has 0 spiro atoms. The standard InChI is InChI=1S/C23H29FO4/c1-5-27-22(25)23(4,26)14-6-7-17-8-10-18(11-9-17)20-15-19(28-16(2)3)12-13-21(20)24/h8-13,15-16,26H,5-7,14H2,1-4H3. The molecule has 1 atom stereocenters. The van der Waals surface area contributed by atoms with Crippen molar-refractivity contribution in [2.24, 2.45) is 0 Å². The van der Waals surface area contributed by atoms with Crippen molar-refractivity contribution >= 4 is 5.97 Å². The maximum atomic E-state index is 14.2. The summed E-state index contributed by atoms with van der Waals surface area (Å²) in [5.41, 5.74) is 0.845. The van der Waals surface area contributed by atoms with Gasteiger partial charge in [-0.05, 0) is 76.3 Å². The van der Waals surface area contributed by atoms with Crippen molar-refractivity contribution in [3.63, 3.8) is 0 Å². The summed E-state index contributed by atoms with van der Waals surface area (Å²) < 4.78 is 24.8. The van der Waals surface area contributed by atoms with Crippen LogP contribution in [0, 0.1) is 5.82 Å². The number of carbonyl (C=O) groups is 1. The van der Waals surface area contributed by atoms with Crippen molar-refractivity contribution in [1.82, 2.24) is 0 Å². The molecule has 0 aliphatic carbocycles. The van der Waals surface area contributed by atoms with E-state index in [1.807, 2.05) is 38.1 Å². The summed E-state index contributed by atoms with van der Waals surface area (Å²) >= 11 is 0. The van der Waals surface area contributed by atoms with Gasteiger partial charge in [0.15, 0.2) is 5.60 Å². The van der Waals surface area contributed by atoms with E-state index < -0.39 is 11.6 Å². The summed E-state index contributed by atoms with van der Waals surface area (Å²) in [6.45, 7) is 7.29. The molecular weight excluding hydrogens is 359 g/mol. The van der Waals surface area contributed by atoms with Gasteiger partial charge in [-0.1, -0.05) is 24.3 Å². The van der Waals surface area contributed by atoms with Crippen LogP contribution in [0.1, 0.15) is 46.1 Å². The lowest BCUT2D eigenvalue weighted by molar-refractivity contribution is -0.163. The van der Waals surface area contributed by atoms with Crippen LogP contribution >= 0.6 is 0 Å². The van der Waals surface area contributed by atoms with Gasteiger partial charge in [0.25, 0.3) is 0 Å². The normalized spacial score (nSPS) is 13.2. The monoisotopic (exact) mass is 388 g/mol. The molecule has 0 saturated heterocycles. The fraction of sp³-hybridized carbons (Fsp3) is 0.435. The van der Waals surface area contributed by atoms with Gasteiger partial charge in [0.05, 0.1) is 12.7 Å². The van der Waals surface area contributed by atoms with Gasteiger partial charge < -0.3 is 14.6 Å². The smallest absolute Gasteiger partial charge is 0.337 e. The quantitative estimate of drug-likeness (QED) is 0.620. The Morgan fingerprint density at radius 2 is 1.86 bits per heavy atom. The third-order valence-electron chi connectivity index (χ3n) is 4.42. The van der Waals surface area contributed by atoms with Gasteiger partial charge >= 0.3 is 5.97 Å². The zero-order valence-electron chi connectivity index (χ0n) is 17.0. The zero-order chi connectivity index (χ0) is 20.7. The van der Waals surface area contributed by atoms with Crippen molar-refractivity contribution in [3.8, 4) is 16.9 Å². The third-order valence-corrected chi connectivity index (χ3v) is 4.42. The molecule has 4 nitrogen and oxygen atoms in total. The first-order valence-electron chi connectivity index (χ1n) is 9.68. The number of aryl methyl sites for hydroxylation is 1. The Morgan fingerprint density at radius 3 is 2.46 bits per heavy atom. The Kier molecular flexibility index (Phi) is 7.58. The van der Waals surface area contributed by atoms with Gasteiger partial charge in [-0.2, -0.15) is 0 Å². The van der Waals surface area contributed by atoms with Gasteiger partial charge in [0.1, 0.15) is 11.6 Å². The number of hydrogen-bond donors (Lipinski definition) is 1. The molecular formula is C23H29FO4. The van der Waals surface area contributed by atoms with Crippen molar-refractivity contribution in [1.29, 1.82) is 0 Å². The van der Waals surface area contributed by atoms with Crippen molar-refractivity contribution in [2.75, 3.05) is 6.61 Å². The SMILES string of the molecule is CCOC(=O)C(C)(O)CCCc1ccc(-c2cc(OC(C)C)ccc2F)cc1. The number of carbonyl (C=O) groups excluding carboxylic acids is 1. The second-order valence-corrected chi connectivity index (χ2v) is 7.35. The molecule has 0 aliphatic rings. The Morgan fingerprint density at radius 1 is 1.18 bits per heavy atom. The molecule has 5 heteroatoms. The van der Waals surface area contributed by atoms with Crippen molar-refractivity contribution in [3.05, 3.63) is 53.8 Å². The highest BCUT2D eigenvalue weighted by molar-refractivity contribution is 5.78. The van der Waals surface area contributed by atoms with E-state index in [1.165, 1.54) is 13.0 Å². The minimum absolute atomic E-state index is 0.0208. The number of hydrogen-bond acceptors (Lipinski definition) is 4. The third kappa shape index (κ3) is 6.06. The van der Waals surface area contributed by atoms with E-state index >= 15 is 0 Å². The van der Waals surface area contributed by atoms with Crippen LogP contribution in [0.2, 0.25) is 0 Å². The summed E-state index contributed by atoms with van der Waals surface area (Å²) in [5.74, 6) is -0.254. The van der Waals surface area contributed by atoms with E-state index in [2.05, 4.69) is 0 Å². The summed E-state index contributed by atoms with van der Waals surface area (Å²) in [6.07, 6.45) is 1.68. The fourth-order valence-corrected chi connectivity index (χ4v) is 2.95. The van der Waals surface area contributed by atoms with Crippen LogP contribution in [0.5, 0.6) is 5.75 Å². The fourth-order valence-electron chi connectivity index (χ4n) is 2.95. The van der Waals surface area contributed by atoms with Crippen LogP contribution in [-0.4, -0.2) is 29.4 Å². The predicted octanol–water partition coefficient (Wildman–Crippen LogP) is 4.92. The molecule has 0 radical (unpaired) electrons. The molecule has 2 aromatic carbocycles. The van der Waals surface area contributed by atoms with Gasteiger partial charge in [0.2, 0.25) is 0 Å². The topological polar surface area (TPSA) is 55.8 Å². The van der Waals surface area contributed by atoms with Crippen LogP contribution in [0.25, 0.3) is 11.1 Å². The molecule has 0 aromatic heterocycles. The molecule has 0 aliphatic heterocycles. The number of esters is 1. The number of rotatable bonds is 9. The molecule has 0 amide bonds. The first kappa shape index (κ1) is 21.9. The van der Waals surface area contributed by atoms with Crippen LogP contribution in [0.15, 0.2) is 42.5 Å². The molecule has 28 heavy (non-hydrogen) atoms. The number of benzene rings is 2. The van der Waals surface area contributed by atoms with E-state index in [4.69, 9.17) is 9.47 Å². The average molecular weight is 388 g/mol. The van der Waals surface area contributed by atoms with Crippen LogP contribution in [0.3, 0.4) is 0 Å². The minimum Gasteiger partial charge on any atom is -0.491 e. The highest BCUT2D eigenvalue weighted by atomic mass is 19.1. The molecule has 2 rings (SSSR count). The summed E-state index contributed by atoms with van der Waals surface area (Å²) in [5, 5.41) is 10.2. The van der Waals surface area contributed by atoms with E-state index in [1.54, 1.807) is 19.1 Å². The second-order valence-electron chi connectivity index (χ2n) is 7.35.